The number of morpholine rings is 1. The predicted molar refractivity (Wildman–Crippen MR) is 119 cm³/mol. The number of ether oxygens (including phenoxy) is 1. The van der Waals surface area contributed by atoms with Crippen LogP contribution in [0.3, 0.4) is 0 Å². The van der Waals surface area contributed by atoms with Crippen LogP contribution in [0.4, 0.5) is 20.3 Å². The van der Waals surface area contributed by atoms with Crippen LogP contribution in [0.5, 0.6) is 0 Å². The van der Waals surface area contributed by atoms with E-state index >= 15 is 0 Å². The van der Waals surface area contributed by atoms with Gasteiger partial charge < -0.3 is 20.1 Å². The van der Waals surface area contributed by atoms with E-state index < -0.39 is 12.3 Å². The van der Waals surface area contributed by atoms with Crippen molar-refractivity contribution in [3.05, 3.63) is 35.9 Å². The van der Waals surface area contributed by atoms with Crippen molar-refractivity contribution in [3.8, 4) is 0 Å². The quantitative estimate of drug-likeness (QED) is 0.564. The first-order valence-electron chi connectivity index (χ1n) is 11.5. The fraction of sp³-hybridized carbons (Fsp3) is 0.545. The van der Waals surface area contributed by atoms with Gasteiger partial charge in [0.05, 0.1) is 37.3 Å². The zero-order chi connectivity index (χ0) is 23.7. The van der Waals surface area contributed by atoms with Crippen LogP contribution in [0.15, 0.2) is 24.7 Å². The van der Waals surface area contributed by atoms with Crippen LogP contribution in [0.25, 0.3) is 5.65 Å². The van der Waals surface area contributed by atoms with Gasteiger partial charge in [0.1, 0.15) is 17.1 Å². The van der Waals surface area contributed by atoms with Gasteiger partial charge in [0, 0.05) is 25.9 Å². The lowest BCUT2D eigenvalue weighted by atomic mass is 9.86. The minimum absolute atomic E-state index is 0.0204. The molecule has 0 aromatic carbocycles. The van der Waals surface area contributed by atoms with E-state index in [1.165, 1.54) is 21.6 Å². The summed E-state index contributed by atoms with van der Waals surface area (Å²) in [6, 6.07) is 1.63. The van der Waals surface area contributed by atoms with Crippen LogP contribution < -0.4 is 10.2 Å². The lowest BCUT2D eigenvalue weighted by molar-refractivity contribution is 0.102. The number of hydrogen-bond donors (Lipinski definition) is 2. The van der Waals surface area contributed by atoms with Crippen LogP contribution in [0, 0.1) is 5.92 Å². The number of aliphatic hydroxyl groups is 1. The maximum absolute atomic E-state index is 14.0. The minimum atomic E-state index is -2.80. The van der Waals surface area contributed by atoms with Crippen molar-refractivity contribution in [2.24, 2.45) is 5.92 Å². The van der Waals surface area contributed by atoms with Crippen molar-refractivity contribution in [3.63, 3.8) is 0 Å². The molecule has 12 heteroatoms. The van der Waals surface area contributed by atoms with Gasteiger partial charge in [0.15, 0.2) is 5.65 Å². The third kappa shape index (κ3) is 4.34. The molecular weight excluding hydrogens is 448 g/mol. The first-order valence-corrected chi connectivity index (χ1v) is 11.5. The predicted octanol–water partition coefficient (Wildman–Crippen LogP) is 2.68. The molecule has 2 fully saturated rings. The molecule has 0 unspecified atom stereocenters. The monoisotopic (exact) mass is 475 g/mol. The Balaban J connectivity index is 1.38. The molecule has 5 rings (SSSR count). The second-order valence-electron chi connectivity index (χ2n) is 8.71. The van der Waals surface area contributed by atoms with Gasteiger partial charge in [-0.05, 0) is 37.7 Å². The summed E-state index contributed by atoms with van der Waals surface area (Å²) in [6.45, 7) is 2.69. The van der Waals surface area contributed by atoms with Crippen molar-refractivity contribution in [1.82, 2.24) is 24.4 Å². The molecule has 0 bridgehead atoms. The molecule has 1 amide bonds. The van der Waals surface area contributed by atoms with E-state index in [-0.39, 0.29) is 35.5 Å². The number of carbonyl (C=O) groups is 1. The Hall–Kier alpha value is -3.12. The highest BCUT2D eigenvalue weighted by molar-refractivity contribution is 6.08. The second kappa shape index (κ2) is 9.63. The van der Waals surface area contributed by atoms with Crippen LogP contribution >= 0.6 is 0 Å². The molecule has 10 nitrogen and oxygen atoms in total. The zero-order valence-electron chi connectivity index (χ0n) is 18.6. The molecule has 3 aromatic rings. The Morgan fingerprint density at radius 3 is 2.65 bits per heavy atom. The summed E-state index contributed by atoms with van der Waals surface area (Å²) in [5.41, 5.74) is 0.202. The third-order valence-corrected chi connectivity index (χ3v) is 6.64. The lowest BCUT2D eigenvalue weighted by Crippen LogP contribution is -2.36. The standard InChI is InChI=1S/C22H27F2N7O3/c23-20(24)19-17(12-26-31(19)15-3-1-14(13-32)2-4-15)27-22(33)16-11-25-30-6-5-18(28-21(16)30)29-7-9-34-10-8-29/h5-6,11-12,14-15,20,32H,1-4,7-10,13H2,(H,27,33). The Labute approximate surface area is 194 Å². The van der Waals surface area contributed by atoms with Crippen molar-refractivity contribution in [2.45, 2.75) is 38.2 Å². The SMILES string of the molecule is O=C(Nc1cnn(C2CCC(CO)CC2)c1C(F)F)c1cnn2ccc(N3CCOCC3)nc12. The minimum Gasteiger partial charge on any atom is -0.396 e. The van der Waals surface area contributed by atoms with Gasteiger partial charge in [-0.3, -0.25) is 9.48 Å². The molecule has 34 heavy (non-hydrogen) atoms. The summed E-state index contributed by atoms with van der Waals surface area (Å²) in [5.74, 6) is 0.323. The first kappa shape index (κ1) is 22.7. The summed E-state index contributed by atoms with van der Waals surface area (Å²) < 4.78 is 36.2. The summed E-state index contributed by atoms with van der Waals surface area (Å²) in [6.07, 6.45) is 4.39. The Morgan fingerprint density at radius 2 is 1.94 bits per heavy atom. The maximum atomic E-state index is 14.0. The fourth-order valence-electron chi connectivity index (χ4n) is 4.73. The van der Waals surface area contributed by atoms with Gasteiger partial charge in [-0.1, -0.05) is 0 Å². The number of anilines is 2. The zero-order valence-corrected chi connectivity index (χ0v) is 18.6. The summed E-state index contributed by atoms with van der Waals surface area (Å²) >= 11 is 0. The fourth-order valence-corrected chi connectivity index (χ4v) is 4.73. The highest BCUT2D eigenvalue weighted by atomic mass is 19.3. The molecule has 182 valence electrons. The number of halogens is 2. The van der Waals surface area contributed by atoms with Crippen LogP contribution in [0.1, 0.15) is 54.2 Å². The third-order valence-electron chi connectivity index (χ3n) is 6.64. The van der Waals surface area contributed by atoms with E-state index in [1.54, 1.807) is 6.20 Å². The summed E-state index contributed by atoms with van der Waals surface area (Å²) in [4.78, 5) is 19.7. The van der Waals surface area contributed by atoms with E-state index in [0.717, 1.165) is 12.8 Å². The van der Waals surface area contributed by atoms with Crippen LogP contribution in [-0.4, -0.2) is 68.3 Å². The van der Waals surface area contributed by atoms with E-state index in [9.17, 15) is 18.7 Å². The molecule has 3 aromatic heterocycles. The smallest absolute Gasteiger partial charge is 0.282 e. The number of nitrogens with zero attached hydrogens (tertiary/aromatic N) is 6. The number of aliphatic hydroxyl groups excluding tert-OH is 1. The Bertz CT molecular complexity index is 1150. The molecule has 2 aliphatic rings. The average molecular weight is 476 g/mol. The van der Waals surface area contributed by atoms with E-state index in [0.29, 0.717) is 50.6 Å². The van der Waals surface area contributed by atoms with Crippen molar-refractivity contribution >= 4 is 23.1 Å². The van der Waals surface area contributed by atoms with E-state index in [2.05, 4.69) is 25.4 Å². The summed E-state index contributed by atoms with van der Waals surface area (Å²) in [5, 5.41) is 20.3. The number of amides is 1. The first-order chi connectivity index (χ1) is 16.5. The van der Waals surface area contributed by atoms with E-state index in [4.69, 9.17) is 4.74 Å². The number of rotatable bonds is 6. The van der Waals surface area contributed by atoms with Crippen molar-refractivity contribution < 1.29 is 23.4 Å². The highest BCUT2D eigenvalue weighted by Crippen LogP contribution is 2.37. The van der Waals surface area contributed by atoms with Gasteiger partial charge in [0.25, 0.3) is 12.3 Å². The largest absolute Gasteiger partial charge is 0.396 e. The molecule has 1 aliphatic carbocycles. The van der Waals surface area contributed by atoms with Gasteiger partial charge in [0.2, 0.25) is 0 Å². The van der Waals surface area contributed by atoms with Gasteiger partial charge in [-0.25, -0.2) is 18.3 Å². The Morgan fingerprint density at radius 1 is 1.18 bits per heavy atom. The van der Waals surface area contributed by atoms with Crippen LogP contribution in [0.2, 0.25) is 0 Å². The van der Waals surface area contributed by atoms with E-state index in [1.807, 2.05) is 6.07 Å². The molecule has 0 radical (unpaired) electrons. The topological polar surface area (TPSA) is 110 Å². The number of carbonyl (C=O) groups excluding carboxylic acids is 1. The van der Waals surface area contributed by atoms with Gasteiger partial charge in [-0.2, -0.15) is 10.2 Å². The molecule has 0 spiro atoms. The second-order valence-corrected chi connectivity index (χ2v) is 8.71. The molecular formula is C22H27F2N7O3. The maximum Gasteiger partial charge on any atom is 0.282 e. The number of fused-ring (bicyclic) bond motifs is 1. The number of nitrogens with one attached hydrogen (secondary N) is 1. The van der Waals surface area contributed by atoms with Crippen molar-refractivity contribution in [1.29, 1.82) is 0 Å². The molecule has 1 saturated heterocycles. The number of hydrogen-bond acceptors (Lipinski definition) is 7. The van der Waals surface area contributed by atoms with Crippen molar-refractivity contribution in [2.75, 3.05) is 43.1 Å². The summed E-state index contributed by atoms with van der Waals surface area (Å²) in [7, 11) is 0. The molecule has 1 saturated carbocycles. The molecule has 4 heterocycles. The van der Waals surface area contributed by atoms with Crippen LogP contribution in [-0.2, 0) is 4.74 Å². The lowest BCUT2D eigenvalue weighted by Gasteiger charge is -2.28. The highest BCUT2D eigenvalue weighted by Gasteiger charge is 2.29. The van der Waals surface area contributed by atoms with Gasteiger partial charge in [-0.15, -0.1) is 0 Å². The molecule has 0 atom stereocenters. The Kier molecular flexibility index (Phi) is 6.42. The average Bonchev–Trinajstić information content (AvgIpc) is 3.48. The van der Waals surface area contributed by atoms with Gasteiger partial charge >= 0.3 is 0 Å². The number of aromatic nitrogens is 5. The number of alkyl halides is 2. The molecule has 2 N–H and O–H groups in total. The molecule has 1 aliphatic heterocycles. The normalized spacial score (nSPS) is 21.4.